The summed E-state index contributed by atoms with van der Waals surface area (Å²) < 4.78 is 48.0. The molecule has 3 heterocycles. The average molecular weight is 459 g/mol. The van der Waals surface area contributed by atoms with Crippen LogP contribution < -0.4 is 10.9 Å². The van der Waals surface area contributed by atoms with Gasteiger partial charge in [-0.1, -0.05) is 6.07 Å². The number of pyridine rings is 2. The third kappa shape index (κ3) is 4.56. The van der Waals surface area contributed by atoms with Gasteiger partial charge in [0.2, 0.25) is 0 Å². The summed E-state index contributed by atoms with van der Waals surface area (Å²) in [6.07, 6.45) is -0.432. The second-order valence-electron chi connectivity index (χ2n) is 7.19. The molecule has 0 saturated heterocycles. The van der Waals surface area contributed by atoms with Crippen LogP contribution in [-0.4, -0.2) is 34.3 Å². The molecule has 1 N–H and O–H groups in total. The standard InChI is InChI=1S/C22H16F3N3O5/c1-12-2-3-15(20(30)32-11-22(23,24)25)18-16(12)8-14(33-18)9-27-21(31)28-7-5-13-4-6-26-10-17(13)19(28)29/h2-8,10H,9,11H2,1H3,(H,27,31). The molecule has 0 bridgehead atoms. The molecule has 8 nitrogen and oxygen atoms in total. The predicted molar refractivity (Wildman–Crippen MR) is 111 cm³/mol. The van der Waals surface area contributed by atoms with Crippen LogP contribution >= 0.6 is 0 Å². The molecule has 0 atom stereocenters. The van der Waals surface area contributed by atoms with Crippen molar-refractivity contribution in [3.05, 3.63) is 76.2 Å². The number of rotatable bonds is 4. The molecule has 0 aliphatic rings. The molecule has 0 aliphatic carbocycles. The van der Waals surface area contributed by atoms with Gasteiger partial charge < -0.3 is 14.5 Å². The smallest absolute Gasteiger partial charge is 0.422 e. The van der Waals surface area contributed by atoms with E-state index in [9.17, 15) is 27.6 Å². The fourth-order valence-corrected chi connectivity index (χ4v) is 3.27. The van der Waals surface area contributed by atoms with E-state index in [2.05, 4.69) is 15.0 Å². The highest BCUT2D eigenvalue weighted by atomic mass is 19.4. The van der Waals surface area contributed by atoms with E-state index in [1.54, 1.807) is 31.2 Å². The number of aromatic nitrogens is 2. The second kappa shape index (κ2) is 8.41. The molecule has 0 unspecified atom stereocenters. The summed E-state index contributed by atoms with van der Waals surface area (Å²) in [5, 5.41) is 3.93. The molecule has 11 heteroatoms. The highest BCUT2D eigenvalue weighted by Gasteiger charge is 2.30. The number of hydrogen-bond acceptors (Lipinski definition) is 6. The summed E-state index contributed by atoms with van der Waals surface area (Å²) in [4.78, 5) is 41.1. The van der Waals surface area contributed by atoms with Crippen LogP contribution in [0.3, 0.4) is 0 Å². The summed E-state index contributed by atoms with van der Waals surface area (Å²) in [6.45, 7) is -0.129. The number of furan rings is 1. The first-order chi connectivity index (χ1) is 15.6. The van der Waals surface area contributed by atoms with Crippen LogP contribution in [-0.2, 0) is 11.3 Å². The summed E-state index contributed by atoms with van der Waals surface area (Å²) in [5.41, 5.74) is 0.0289. The van der Waals surface area contributed by atoms with Gasteiger partial charge in [-0.3, -0.25) is 9.78 Å². The Morgan fingerprint density at radius 1 is 1.18 bits per heavy atom. The first kappa shape index (κ1) is 22.1. The lowest BCUT2D eigenvalue weighted by Gasteiger charge is -2.08. The number of fused-ring (bicyclic) bond motifs is 2. The van der Waals surface area contributed by atoms with E-state index in [0.29, 0.717) is 16.3 Å². The minimum atomic E-state index is -4.66. The average Bonchev–Trinajstić information content (AvgIpc) is 3.21. The van der Waals surface area contributed by atoms with E-state index >= 15 is 0 Å². The first-order valence-electron chi connectivity index (χ1n) is 9.63. The Kier molecular flexibility index (Phi) is 5.62. The maximum Gasteiger partial charge on any atom is 0.422 e. The SMILES string of the molecule is Cc1ccc(C(=O)OCC(F)(F)F)c2oc(CNC(=O)n3ccc4ccncc4c3=O)cc12. The monoisotopic (exact) mass is 459 g/mol. The van der Waals surface area contributed by atoms with Gasteiger partial charge in [0.25, 0.3) is 5.56 Å². The van der Waals surface area contributed by atoms with E-state index in [-0.39, 0.29) is 28.8 Å². The maximum absolute atomic E-state index is 12.5. The summed E-state index contributed by atoms with van der Waals surface area (Å²) in [6, 6.07) is 6.94. The molecule has 33 heavy (non-hydrogen) atoms. The van der Waals surface area contributed by atoms with Gasteiger partial charge in [0.05, 0.1) is 11.9 Å². The zero-order valence-corrected chi connectivity index (χ0v) is 17.1. The number of hydrogen-bond donors (Lipinski definition) is 1. The Morgan fingerprint density at radius 3 is 2.73 bits per heavy atom. The van der Waals surface area contributed by atoms with Gasteiger partial charge in [0.1, 0.15) is 16.9 Å². The minimum absolute atomic E-state index is 0.0420. The maximum atomic E-state index is 12.5. The Balaban J connectivity index is 1.55. The Bertz CT molecular complexity index is 1440. The van der Waals surface area contributed by atoms with Crippen molar-refractivity contribution in [3.8, 4) is 0 Å². The van der Waals surface area contributed by atoms with E-state index in [0.717, 1.165) is 4.57 Å². The van der Waals surface area contributed by atoms with Crippen molar-refractivity contribution in [2.75, 3.05) is 6.61 Å². The van der Waals surface area contributed by atoms with Crippen molar-refractivity contribution >= 4 is 33.7 Å². The lowest BCUT2D eigenvalue weighted by Crippen LogP contribution is -2.35. The predicted octanol–water partition coefficient (Wildman–Crippen LogP) is 3.93. The highest BCUT2D eigenvalue weighted by molar-refractivity contribution is 6.03. The second-order valence-corrected chi connectivity index (χ2v) is 7.19. The summed E-state index contributed by atoms with van der Waals surface area (Å²) >= 11 is 0. The number of nitrogens with one attached hydrogen (secondary N) is 1. The number of halogens is 3. The molecule has 1 aromatic carbocycles. The first-order valence-corrected chi connectivity index (χ1v) is 9.63. The fraction of sp³-hybridized carbons (Fsp3) is 0.182. The molecule has 170 valence electrons. The number of esters is 1. The van der Waals surface area contributed by atoms with Crippen molar-refractivity contribution in [2.45, 2.75) is 19.6 Å². The van der Waals surface area contributed by atoms with Crippen molar-refractivity contribution in [1.29, 1.82) is 0 Å². The molecule has 4 aromatic rings. The van der Waals surface area contributed by atoms with Gasteiger partial charge in [-0.15, -0.1) is 0 Å². The number of alkyl halides is 3. The van der Waals surface area contributed by atoms with Gasteiger partial charge in [-0.05, 0) is 42.1 Å². The normalized spacial score (nSPS) is 11.6. The fourth-order valence-electron chi connectivity index (χ4n) is 3.27. The summed E-state index contributed by atoms with van der Waals surface area (Å²) in [7, 11) is 0. The highest BCUT2D eigenvalue weighted by Crippen LogP contribution is 2.27. The van der Waals surface area contributed by atoms with Crippen molar-refractivity contribution in [3.63, 3.8) is 0 Å². The molecular weight excluding hydrogens is 443 g/mol. The molecule has 1 amide bonds. The van der Waals surface area contributed by atoms with Crippen molar-refractivity contribution in [2.24, 2.45) is 0 Å². The van der Waals surface area contributed by atoms with Crippen LogP contribution in [0.15, 0.2) is 58.1 Å². The van der Waals surface area contributed by atoms with Crippen LogP contribution in [0.1, 0.15) is 21.7 Å². The van der Waals surface area contributed by atoms with Crippen LogP contribution in [0, 0.1) is 6.92 Å². The number of benzene rings is 1. The molecule has 0 fully saturated rings. The van der Waals surface area contributed by atoms with Gasteiger partial charge in [-0.2, -0.15) is 13.2 Å². The lowest BCUT2D eigenvalue weighted by molar-refractivity contribution is -0.161. The quantitative estimate of drug-likeness (QED) is 0.464. The lowest BCUT2D eigenvalue weighted by atomic mass is 10.1. The molecular formula is C22H16F3N3O5. The van der Waals surface area contributed by atoms with Gasteiger partial charge >= 0.3 is 18.2 Å². The number of amides is 1. The van der Waals surface area contributed by atoms with Crippen LogP contribution in [0.25, 0.3) is 21.7 Å². The zero-order chi connectivity index (χ0) is 23.8. The molecule has 0 aliphatic heterocycles. The number of aryl methyl sites for hydroxylation is 1. The minimum Gasteiger partial charge on any atom is -0.458 e. The van der Waals surface area contributed by atoms with Gasteiger partial charge in [0.15, 0.2) is 6.61 Å². The third-order valence-electron chi connectivity index (χ3n) is 4.88. The molecule has 0 radical (unpaired) electrons. The van der Waals surface area contributed by atoms with E-state index in [1.807, 2.05) is 0 Å². The number of nitrogens with zero attached hydrogens (tertiary/aromatic N) is 2. The number of ether oxygens (including phenoxy) is 1. The van der Waals surface area contributed by atoms with Crippen molar-refractivity contribution < 1.29 is 31.9 Å². The molecule has 0 spiro atoms. The van der Waals surface area contributed by atoms with E-state index in [1.165, 1.54) is 24.7 Å². The molecule has 3 aromatic heterocycles. The third-order valence-corrected chi connectivity index (χ3v) is 4.88. The van der Waals surface area contributed by atoms with E-state index < -0.39 is 30.3 Å². The molecule has 4 rings (SSSR count). The topological polar surface area (TPSA) is 103 Å². The van der Waals surface area contributed by atoms with Crippen molar-refractivity contribution in [1.82, 2.24) is 14.9 Å². The zero-order valence-electron chi connectivity index (χ0n) is 17.1. The van der Waals surface area contributed by atoms with Crippen LogP contribution in [0.4, 0.5) is 18.0 Å². The Labute approximate surface area is 183 Å². The van der Waals surface area contributed by atoms with Gasteiger partial charge in [0, 0.05) is 24.0 Å². The van der Waals surface area contributed by atoms with Gasteiger partial charge in [-0.25, -0.2) is 14.2 Å². The Hall–Kier alpha value is -4.15. The van der Waals surface area contributed by atoms with E-state index in [4.69, 9.17) is 4.42 Å². The van der Waals surface area contributed by atoms with Crippen LogP contribution in [0.2, 0.25) is 0 Å². The molecule has 0 saturated carbocycles. The Morgan fingerprint density at radius 2 is 1.97 bits per heavy atom. The van der Waals surface area contributed by atoms with Crippen LogP contribution in [0.5, 0.6) is 0 Å². The largest absolute Gasteiger partial charge is 0.458 e. The number of carbonyl (C=O) groups excluding carboxylic acids is 2. The number of carbonyl (C=O) groups is 2. The summed E-state index contributed by atoms with van der Waals surface area (Å²) in [5.74, 6) is -0.952.